The van der Waals surface area contributed by atoms with Crippen molar-refractivity contribution in [1.29, 1.82) is 0 Å². The minimum atomic E-state index is -0.743. The van der Waals surface area contributed by atoms with Crippen LogP contribution in [0.3, 0.4) is 0 Å². The molecule has 110 valence electrons. The van der Waals surface area contributed by atoms with Gasteiger partial charge in [-0.2, -0.15) is 0 Å². The summed E-state index contributed by atoms with van der Waals surface area (Å²) in [5.74, 6) is -1.14. The lowest BCUT2D eigenvalue weighted by atomic mass is 9.90. The molecule has 3 atom stereocenters. The first-order chi connectivity index (χ1) is 8.94. The molecule has 0 radical (unpaired) electrons. The van der Waals surface area contributed by atoms with Crippen LogP contribution in [0.25, 0.3) is 0 Å². The summed E-state index contributed by atoms with van der Waals surface area (Å²) in [5, 5.41) is 9.30. The van der Waals surface area contributed by atoms with E-state index in [0.29, 0.717) is 19.3 Å². The maximum absolute atomic E-state index is 11.3. The molecule has 2 aliphatic rings. The number of carboxylic acids is 1. The van der Waals surface area contributed by atoms with Crippen molar-refractivity contribution in [3.8, 4) is 0 Å². The molecule has 3 unspecified atom stereocenters. The first-order valence-corrected chi connectivity index (χ1v) is 7.15. The molecule has 0 aromatic carbocycles. The van der Waals surface area contributed by atoms with Crippen molar-refractivity contribution >= 4 is 5.97 Å². The predicted octanol–water partition coefficient (Wildman–Crippen LogP) is 1.37. The number of hydrogen-bond donors (Lipinski definition) is 1. The van der Waals surface area contributed by atoms with E-state index < -0.39 is 11.9 Å². The normalized spacial score (nSPS) is 34.6. The molecule has 1 N–H and O–H groups in total. The van der Waals surface area contributed by atoms with Crippen molar-refractivity contribution in [2.45, 2.75) is 51.3 Å². The lowest BCUT2D eigenvalue weighted by Crippen LogP contribution is -2.53. The maximum Gasteiger partial charge on any atom is 0.310 e. The van der Waals surface area contributed by atoms with Gasteiger partial charge in [0.05, 0.1) is 24.7 Å². The number of rotatable bonds is 4. The quantitative estimate of drug-likeness (QED) is 0.836. The highest BCUT2D eigenvalue weighted by Gasteiger charge is 2.42. The molecule has 2 heterocycles. The molecule has 2 fully saturated rings. The molecule has 0 spiro atoms. The highest BCUT2D eigenvalue weighted by atomic mass is 16.5. The molecule has 19 heavy (non-hydrogen) atoms. The number of nitrogens with zero attached hydrogens (tertiary/aromatic N) is 1. The van der Waals surface area contributed by atoms with Crippen LogP contribution in [0.15, 0.2) is 0 Å². The van der Waals surface area contributed by atoms with E-state index in [1.54, 1.807) is 0 Å². The Morgan fingerprint density at radius 2 is 2.16 bits per heavy atom. The first-order valence-electron chi connectivity index (χ1n) is 7.15. The minimum absolute atomic E-state index is 0.00130. The SMILES string of the molecule is CCN(C1CCOC(C)(C)C1)C1COCC1C(=O)O. The molecule has 5 heteroatoms. The maximum atomic E-state index is 11.3. The number of carbonyl (C=O) groups is 1. The summed E-state index contributed by atoms with van der Waals surface area (Å²) in [7, 11) is 0. The van der Waals surface area contributed by atoms with Gasteiger partial charge in [-0.15, -0.1) is 0 Å². The van der Waals surface area contributed by atoms with Crippen molar-refractivity contribution < 1.29 is 19.4 Å². The van der Waals surface area contributed by atoms with Gasteiger partial charge in [-0.25, -0.2) is 0 Å². The van der Waals surface area contributed by atoms with E-state index in [1.165, 1.54) is 0 Å². The Kier molecular flexibility index (Phi) is 4.48. The van der Waals surface area contributed by atoms with Crippen molar-refractivity contribution in [2.75, 3.05) is 26.4 Å². The molecule has 2 rings (SSSR count). The zero-order valence-electron chi connectivity index (χ0n) is 12.1. The zero-order valence-corrected chi connectivity index (χ0v) is 12.1. The van der Waals surface area contributed by atoms with Crippen LogP contribution in [0.2, 0.25) is 0 Å². The average molecular weight is 271 g/mol. The molecule has 2 saturated heterocycles. The predicted molar refractivity (Wildman–Crippen MR) is 71.2 cm³/mol. The van der Waals surface area contributed by atoms with Gasteiger partial charge >= 0.3 is 5.97 Å². The Morgan fingerprint density at radius 1 is 1.42 bits per heavy atom. The minimum Gasteiger partial charge on any atom is -0.481 e. The lowest BCUT2D eigenvalue weighted by molar-refractivity contribution is -0.144. The molecule has 0 saturated carbocycles. The third-order valence-electron chi connectivity index (χ3n) is 4.30. The standard InChI is InChI=1S/C14H25NO4/c1-4-15(10-5-6-19-14(2,3)7-10)12-9-18-8-11(12)13(16)17/h10-12H,4-9H2,1-3H3,(H,16,17). The van der Waals surface area contributed by atoms with Gasteiger partial charge in [0.15, 0.2) is 0 Å². The first kappa shape index (κ1) is 14.8. The van der Waals surface area contributed by atoms with E-state index in [9.17, 15) is 9.90 Å². The van der Waals surface area contributed by atoms with Crippen molar-refractivity contribution in [3.63, 3.8) is 0 Å². The van der Waals surface area contributed by atoms with Crippen LogP contribution in [0.4, 0.5) is 0 Å². The van der Waals surface area contributed by atoms with Gasteiger partial charge in [0.2, 0.25) is 0 Å². The summed E-state index contributed by atoms with van der Waals surface area (Å²) < 4.78 is 11.2. The van der Waals surface area contributed by atoms with Gasteiger partial charge in [0.25, 0.3) is 0 Å². The molecule has 0 aromatic rings. The molecule has 5 nitrogen and oxygen atoms in total. The molecular weight excluding hydrogens is 246 g/mol. The fraction of sp³-hybridized carbons (Fsp3) is 0.929. The fourth-order valence-electron chi connectivity index (χ4n) is 3.35. The summed E-state index contributed by atoms with van der Waals surface area (Å²) >= 11 is 0. The van der Waals surface area contributed by atoms with E-state index in [4.69, 9.17) is 9.47 Å². The molecule has 0 aromatic heterocycles. The van der Waals surface area contributed by atoms with E-state index in [-0.39, 0.29) is 11.6 Å². The van der Waals surface area contributed by atoms with E-state index in [1.807, 2.05) is 0 Å². The topological polar surface area (TPSA) is 59.0 Å². The monoisotopic (exact) mass is 271 g/mol. The highest BCUT2D eigenvalue weighted by Crippen LogP contribution is 2.31. The number of likely N-dealkylation sites (N-methyl/N-ethyl adjacent to an activating group) is 1. The smallest absolute Gasteiger partial charge is 0.310 e. The summed E-state index contributed by atoms with van der Waals surface area (Å²) in [6.07, 6.45) is 1.92. The van der Waals surface area contributed by atoms with Gasteiger partial charge in [0.1, 0.15) is 0 Å². The van der Waals surface area contributed by atoms with Crippen LogP contribution < -0.4 is 0 Å². The average Bonchev–Trinajstić information content (AvgIpc) is 2.78. The summed E-state index contributed by atoms with van der Waals surface area (Å²) in [6.45, 7) is 8.78. The van der Waals surface area contributed by atoms with Crippen LogP contribution in [0, 0.1) is 5.92 Å². The summed E-state index contributed by atoms with van der Waals surface area (Å²) in [5.41, 5.74) is -0.117. The molecular formula is C14H25NO4. The zero-order chi connectivity index (χ0) is 14.0. The van der Waals surface area contributed by atoms with Gasteiger partial charge in [-0.05, 0) is 33.2 Å². The van der Waals surface area contributed by atoms with Crippen molar-refractivity contribution in [2.24, 2.45) is 5.92 Å². The van der Waals surface area contributed by atoms with Crippen molar-refractivity contribution in [1.82, 2.24) is 4.90 Å². The van der Waals surface area contributed by atoms with Gasteiger partial charge in [-0.3, -0.25) is 9.69 Å². The van der Waals surface area contributed by atoms with Gasteiger partial charge in [0, 0.05) is 18.7 Å². The summed E-state index contributed by atoms with van der Waals surface area (Å²) in [4.78, 5) is 13.6. The van der Waals surface area contributed by atoms with Crippen LogP contribution in [0.5, 0.6) is 0 Å². The lowest BCUT2D eigenvalue weighted by Gasteiger charge is -2.43. The van der Waals surface area contributed by atoms with E-state index in [2.05, 4.69) is 25.7 Å². The molecule has 0 bridgehead atoms. The number of ether oxygens (including phenoxy) is 2. The summed E-state index contributed by atoms with van der Waals surface area (Å²) in [6, 6.07) is 0.392. The highest BCUT2D eigenvalue weighted by molar-refractivity contribution is 5.71. The Labute approximate surface area is 114 Å². The fourth-order valence-corrected chi connectivity index (χ4v) is 3.35. The second-order valence-corrected chi connectivity index (χ2v) is 6.13. The molecule has 0 amide bonds. The number of carboxylic acid groups (broad SMARTS) is 1. The third-order valence-corrected chi connectivity index (χ3v) is 4.30. The van der Waals surface area contributed by atoms with Gasteiger partial charge < -0.3 is 14.6 Å². The van der Waals surface area contributed by atoms with Gasteiger partial charge in [-0.1, -0.05) is 6.92 Å². The number of aliphatic carboxylic acids is 1. The number of hydrogen-bond acceptors (Lipinski definition) is 4. The Hall–Kier alpha value is -0.650. The second-order valence-electron chi connectivity index (χ2n) is 6.13. The van der Waals surface area contributed by atoms with Crippen LogP contribution in [0.1, 0.15) is 33.6 Å². The Balaban J connectivity index is 2.08. The molecule has 0 aliphatic carbocycles. The van der Waals surface area contributed by atoms with E-state index in [0.717, 1.165) is 26.0 Å². The third kappa shape index (κ3) is 3.27. The van der Waals surface area contributed by atoms with Crippen LogP contribution in [-0.4, -0.2) is 60.0 Å². The largest absolute Gasteiger partial charge is 0.481 e. The van der Waals surface area contributed by atoms with Crippen molar-refractivity contribution in [3.05, 3.63) is 0 Å². The Bertz CT molecular complexity index is 331. The van der Waals surface area contributed by atoms with Crippen LogP contribution in [-0.2, 0) is 14.3 Å². The Morgan fingerprint density at radius 3 is 2.74 bits per heavy atom. The van der Waals surface area contributed by atoms with Crippen LogP contribution >= 0.6 is 0 Å². The second kappa shape index (κ2) is 5.77. The van der Waals surface area contributed by atoms with E-state index >= 15 is 0 Å². The molecule has 2 aliphatic heterocycles.